The minimum Gasteiger partial charge on any atom is -0.309 e. The standard InChI is InChI=1S/C12H19ClN2S/c1-9-6-14-12(2,3)8-15(9)7-10-4-5-11(13)16-10/h4-5,9,14H,6-8H2,1-3H3. The third kappa shape index (κ3) is 2.98. The minimum absolute atomic E-state index is 0.216. The first-order valence-corrected chi connectivity index (χ1v) is 6.89. The van der Waals surface area contributed by atoms with Gasteiger partial charge in [0.2, 0.25) is 0 Å². The van der Waals surface area contributed by atoms with Crippen molar-refractivity contribution >= 4 is 22.9 Å². The van der Waals surface area contributed by atoms with Crippen LogP contribution in [0, 0.1) is 0 Å². The van der Waals surface area contributed by atoms with Gasteiger partial charge in [0.15, 0.2) is 0 Å². The molecule has 2 nitrogen and oxygen atoms in total. The van der Waals surface area contributed by atoms with Gasteiger partial charge in [-0.2, -0.15) is 0 Å². The SMILES string of the molecule is CC1CNC(C)(C)CN1Cc1ccc(Cl)s1. The van der Waals surface area contributed by atoms with Gasteiger partial charge in [0.25, 0.3) is 0 Å². The smallest absolute Gasteiger partial charge is 0.0931 e. The van der Waals surface area contributed by atoms with Gasteiger partial charge in [-0.05, 0) is 32.9 Å². The quantitative estimate of drug-likeness (QED) is 0.878. The predicted molar refractivity (Wildman–Crippen MR) is 71.3 cm³/mol. The Hall–Kier alpha value is -0.0900. The Bertz CT molecular complexity index is 362. The molecule has 1 aliphatic heterocycles. The lowest BCUT2D eigenvalue weighted by Crippen LogP contribution is -2.60. The van der Waals surface area contributed by atoms with Gasteiger partial charge >= 0.3 is 0 Å². The summed E-state index contributed by atoms with van der Waals surface area (Å²) >= 11 is 7.65. The molecule has 0 aromatic carbocycles. The van der Waals surface area contributed by atoms with E-state index in [0.717, 1.165) is 24.0 Å². The lowest BCUT2D eigenvalue weighted by atomic mass is 9.99. The molecule has 16 heavy (non-hydrogen) atoms. The van der Waals surface area contributed by atoms with Crippen LogP contribution in [0.4, 0.5) is 0 Å². The number of nitrogens with zero attached hydrogens (tertiary/aromatic N) is 1. The second kappa shape index (κ2) is 4.65. The average Bonchev–Trinajstić information content (AvgIpc) is 2.58. The van der Waals surface area contributed by atoms with Crippen LogP contribution in [0.2, 0.25) is 4.34 Å². The normalized spacial score (nSPS) is 25.9. The Kier molecular flexibility index (Phi) is 3.59. The van der Waals surface area contributed by atoms with Crippen molar-refractivity contribution in [2.75, 3.05) is 13.1 Å². The van der Waals surface area contributed by atoms with Gasteiger partial charge in [-0.15, -0.1) is 11.3 Å². The first kappa shape index (κ1) is 12.4. The monoisotopic (exact) mass is 258 g/mol. The van der Waals surface area contributed by atoms with Gasteiger partial charge in [0, 0.05) is 36.1 Å². The molecule has 1 aromatic heterocycles. The van der Waals surface area contributed by atoms with Gasteiger partial charge in [-0.1, -0.05) is 11.6 Å². The zero-order chi connectivity index (χ0) is 11.8. The highest BCUT2D eigenvalue weighted by Crippen LogP contribution is 2.25. The van der Waals surface area contributed by atoms with E-state index in [1.54, 1.807) is 11.3 Å². The van der Waals surface area contributed by atoms with E-state index in [4.69, 9.17) is 11.6 Å². The highest BCUT2D eigenvalue weighted by atomic mass is 35.5. The first-order valence-electron chi connectivity index (χ1n) is 5.69. The van der Waals surface area contributed by atoms with Gasteiger partial charge in [-0.25, -0.2) is 0 Å². The maximum Gasteiger partial charge on any atom is 0.0931 e. The molecule has 2 rings (SSSR count). The van der Waals surface area contributed by atoms with Crippen LogP contribution >= 0.6 is 22.9 Å². The van der Waals surface area contributed by atoms with Crippen molar-refractivity contribution in [3.63, 3.8) is 0 Å². The van der Waals surface area contributed by atoms with Crippen LogP contribution in [0.25, 0.3) is 0 Å². The molecule has 1 atom stereocenters. The third-order valence-corrected chi connectivity index (χ3v) is 4.30. The fourth-order valence-corrected chi connectivity index (χ4v) is 3.23. The van der Waals surface area contributed by atoms with Crippen molar-refractivity contribution in [3.05, 3.63) is 21.3 Å². The molecule has 1 aliphatic rings. The molecular weight excluding hydrogens is 240 g/mol. The maximum atomic E-state index is 5.96. The number of halogens is 1. The van der Waals surface area contributed by atoms with Crippen LogP contribution in [0.3, 0.4) is 0 Å². The third-order valence-electron chi connectivity index (χ3n) is 3.09. The van der Waals surface area contributed by atoms with E-state index in [0.29, 0.717) is 6.04 Å². The second-order valence-corrected chi connectivity index (χ2v) is 7.02. The van der Waals surface area contributed by atoms with Crippen molar-refractivity contribution in [2.24, 2.45) is 0 Å². The minimum atomic E-state index is 0.216. The Morgan fingerprint density at radius 3 is 2.94 bits per heavy atom. The van der Waals surface area contributed by atoms with E-state index in [1.807, 2.05) is 6.07 Å². The summed E-state index contributed by atoms with van der Waals surface area (Å²) in [4.78, 5) is 3.88. The molecule has 1 N–H and O–H groups in total. The van der Waals surface area contributed by atoms with E-state index >= 15 is 0 Å². The number of hydrogen-bond donors (Lipinski definition) is 1. The van der Waals surface area contributed by atoms with Crippen molar-refractivity contribution in [1.29, 1.82) is 0 Å². The Morgan fingerprint density at radius 1 is 1.56 bits per heavy atom. The lowest BCUT2D eigenvalue weighted by molar-refractivity contribution is 0.0988. The molecule has 0 aliphatic carbocycles. The molecule has 2 heterocycles. The van der Waals surface area contributed by atoms with Crippen LogP contribution in [0.5, 0.6) is 0 Å². The molecule has 0 bridgehead atoms. The summed E-state index contributed by atoms with van der Waals surface area (Å²) in [6.45, 7) is 9.96. The summed E-state index contributed by atoms with van der Waals surface area (Å²) in [5.74, 6) is 0. The predicted octanol–water partition coefficient (Wildman–Crippen LogP) is 2.97. The topological polar surface area (TPSA) is 15.3 Å². The Labute approximate surface area is 107 Å². The maximum absolute atomic E-state index is 5.96. The summed E-state index contributed by atoms with van der Waals surface area (Å²) in [6, 6.07) is 4.71. The number of piperazine rings is 1. The number of rotatable bonds is 2. The van der Waals surface area contributed by atoms with Crippen LogP contribution in [0.15, 0.2) is 12.1 Å². The molecule has 0 saturated carbocycles. The van der Waals surface area contributed by atoms with E-state index in [-0.39, 0.29) is 5.54 Å². The molecule has 1 aromatic rings. The van der Waals surface area contributed by atoms with Crippen LogP contribution < -0.4 is 5.32 Å². The summed E-state index contributed by atoms with van der Waals surface area (Å²) in [5, 5.41) is 3.56. The van der Waals surface area contributed by atoms with Gasteiger partial charge in [0.05, 0.1) is 4.34 Å². The molecule has 0 radical (unpaired) electrons. The van der Waals surface area contributed by atoms with Crippen LogP contribution in [0.1, 0.15) is 25.6 Å². The van der Waals surface area contributed by atoms with Gasteiger partial charge in [-0.3, -0.25) is 4.90 Å². The highest BCUT2D eigenvalue weighted by Gasteiger charge is 2.30. The van der Waals surface area contributed by atoms with Crippen molar-refractivity contribution in [1.82, 2.24) is 10.2 Å². The fourth-order valence-electron chi connectivity index (χ4n) is 2.12. The van der Waals surface area contributed by atoms with E-state index < -0.39 is 0 Å². The number of nitrogens with one attached hydrogen (secondary N) is 1. The fraction of sp³-hybridized carbons (Fsp3) is 0.667. The molecule has 1 fully saturated rings. The molecule has 4 heteroatoms. The lowest BCUT2D eigenvalue weighted by Gasteiger charge is -2.43. The van der Waals surface area contributed by atoms with Crippen molar-refractivity contribution in [2.45, 2.75) is 38.9 Å². The first-order chi connectivity index (χ1) is 7.46. The van der Waals surface area contributed by atoms with Gasteiger partial charge < -0.3 is 5.32 Å². The van der Waals surface area contributed by atoms with Crippen molar-refractivity contribution in [3.8, 4) is 0 Å². The summed E-state index contributed by atoms with van der Waals surface area (Å²) in [6.07, 6.45) is 0. The molecule has 1 saturated heterocycles. The molecule has 0 amide bonds. The van der Waals surface area contributed by atoms with Crippen LogP contribution in [-0.2, 0) is 6.54 Å². The zero-order valence-corrected chi connectivity index (χ0v) is 11.7. The molecule has 0 spiro atoms. The molecular formula is C12H19ClN2S. The van der Waals surface area contributed by atoms with E-state index in [1.165, 1.54) is 4.88 Å². The summed E-state index contributed by atoms with van der Waals surface area (Å²) < 4.78 is 0.886. The van der Waals surface area contributed by atoms with Crippen LogP contribution in [-0.4, -0.2) is 29.6 Å². The zero-order valence-electron chi connectivity index (χ0n) is 10.1. The van der Waals surface area contributed by atoms with Gasteiger partial charge in [0.1, 0.15) is 0 Å². The summed E-state index contributed by atoms with van der Waals surface area (Å²) in [5.41, 5.74) is 0.216. The highest BCUT2D eigenvalue weighted by molar-refractivity contribution is 7.16. The Balaban J connectivity index is 2.02. The molecule has 90 valence electrons. The largest absolute Gasteiger partial charge is 0.309 e. The Morgan fingerprint density at radius 2 is 2.31 bits per heavy atom. The van der Waals surface area contributed by atoms with E-state index in [9.17, 15) is 0 Å². The number of thiophene rings is 1. The van der Waals surface area contributed by atoms with E-state index in [2.05, 4.69) is 37.1 Å². The second-order valence-electron chi connectivity index (χ2n) is 5.22. The molecule has 1 unspecified atom stereocenters. The summed E-state index contributed by atoms with van der Waals surface area (Å²) in [7, 11) is 0. The van der Waals surface area contributed by atoms with Crippen molar-refractivity contribution < 1.29 is 0 Å². The number of hydrogen-bond acceptors (Lipinski definition) is 3. The average molecular weight is 259 g/mol.